The van der Waals surface area contributed by atoms with E-state index in [2.05, 4.69) is 14.9 Å². The molecule has 4 rings (SSSR count). The summed E-state index contributed by atoms with van der Waals surface area (Å²) in [6.45, 7) is -0.692. The average molecular weight is 373 g/mol. The van der Waals surface area contributed by atoms with Crippen LogP contribution < -0.4 is 15.0 Å². The van der Waals surface area contributed by atoms with Crippen LogP contribution in [0.25, 0.3) is 27.7 Å². The van der Waals surface area contributed by atoms with E-state index in [1.165, 1.54) is 35.0 Å². The van der Waals surface area contributed by atoms with Gasteiger partial charge >= 0.3 is 12.2 Å². The van der Waals surface area contributed by atoms with Crippen molar-refractivity contribution in [2.45, 2.75) is 13.5 Å². The minimum absolute atomic E-state index is 0.0187. The first-order valence-electron chi connectivity index (χ1n) is 8.06. The maximum atomic E-state index is 12.9. The highest BCUT2D eigenvalue weighted by Gasteiger charge is 2.17. The number of hydrogen-bond acceptors (Lipinski definition) is 6. The van der Waals surface area contributed by atoms with E-state index in [1.807, 2.05) is 6.92 Å². The smallest absolute Gasteiger partial charge is 0.387 e. The van der Waals surface area contributed by atoms with Gasteiger partial charge in [-0.3, -0.25) is 9.36 Å². The van der Waals surface area contributed by atoms with Crippen molar-refractivity contribution >= 4 is 22.0 Å². The van der Waals surface area contributed by atoms with E-state index in [-0.39, 0.29) is 11.3 Å². The molecule has 0 spiro atoms. The van der Waals surface area contributed by atoms with Gasteiger partial charge in [-0.2, -0.15) is 13.8 Å². The zero-order chi connectivity index (χ0) is 19.0. The summed E-state index contributed by atoms with van der Waals surface area (Å²) in [5.41, 5.74) is 0.343. The van der Waals surface area contributed by atoms with E-state index in [0.717, 1.165) is 0 Å². The Morgan fingerprint density at radius 3 is 2.63 bits per heavy atom. The molecule has 27 heavy (non-hydrogen) atoms. The van der Waals surface area contributed by atoms with Crippen LogP contribution >= 0.6 is 0 Å². The molecule has 0 atom stereocenters. The molecule has 3 heterocycles. The van der Waals surface area contributed by atoms with E-state index in [9.17, 15) is 13.6 Å². The molecule has 3 aromatic heterocycles. The van der Waals surface area contributed by atoms with Crippen LogP contribution in [0.15, 0.2) is 51.9 Å². The number of rotatable bonds is 5. The van der Waals surface area contributed by atoms with Crippen molar-refractivity contribution in [3.05, 3.63) is 52.9 Å². The minimum Gasteiger partial charge on any atom is -0.478 e. The summed E-state index contributed by atoms with van der Waals surface area (Å²) in [4.78, 5) is 17.4. The fraction of sp³-hybridized carbons (Fsp3) is 0.167. The third kappa shape index (κ3) is 2.97. The van der Waals surface area contributed by atoms with Crippen molar-refractivity contribution < 1.29 is 22.8 Å². The Labute approximate surface area is 150 Å². The fourth-order valence-electron chi connectivity index (χ4n) is 2.84. The molecule has 0 aliphatic heterocycles. The number of benzene rings is 1. The number of alkyl halides is 2. The van der Waals surface area contributed by atoms with E-state index in [1.54, 1.807) is 12.1 Å². The summed E-state index contributed by atoms with van der Waals surface area (Å²) in [5, 5.41) is 4.87. The van der Waals surface area contributed by atoms with Crippen LogP contribution in [0.3, 0.4) is 0 Å². The van der Waals surface area contributed by atoms with Gasteiger partial charge in [0.15, 0.2) is 5.65 Å². The Morgan fingerprint density at radius 1 is 1.15 bits per heavy atom. The van der Waals surface area contributed by atoms with Crippen molar-refractivity contribution in [1.29, 1.82) is 0 Å². The Balaban J connectivity index is 1.97. The lowest BCUT2D eigenvalue weighted by Crippen LogP contribution is -2.19. The summed E-state index contributed by atoms with van der Waals surface area (Å²) in [7, 11) is 0. The Hall–Kier alpha value is -3.49. The van der Waals surface area contributed by atoms with Crippen LogP contribution in [-0.2, 0) is 0 Å². The molecule has 1 aromatic carbocycles. The summed E-state index contributed by atoms with van der Waals surface area (Å²) in [6.07, 6.45) is 1.45. The summed E-state index contributed by atoms with van der Waals surface area (Å²) in [6, 6.07) is 9.10. The van der Waals surface area contributed by atoms with Gasteiger partial charge in [-0.25, -0.2) is 0 Å². The SMILES string of the molecule is CCOc1ccc2c3cnoc3c(=O)n(-c3ccc(OC(F)F)cc3)c2n1. The van der Waals surface area contributed by atoms with Crippen LogP contribution in [0.2, 0.25) is 0 Å². The topological polar surface area (TPSA) is 79.4 Å². The first-order valence-corrected chi connectivity index (χ1v) is 8.06. The van der Waals surface area contributed by atoms with Crippen LogP contribution in [0.4, 0.5) is 8.78 Å². The molecular formula is C18H13F2N3O4. The molecule has 0 fully saturated rings. The van der Waals surface area contributed by atoms with Gasteiger partial charge in [0, 0.05) is 11.5 Å². The number of pyridine rings is 2. The number of ether oxygens (including phenoxy) is 2. The summed E-state index contributed by atoms with van der Waals surface area (Å²) in [5.74, 6) is 0.335. The lowest BCUT2D eigenvalue weighted by atomic mass is 10.2. The highest BCUT2D eigenvalue weighted by molar-refractivity contribution is 6.02. The van der Waals surface area contributed by atoms with E-state index in [0.29, 0.717) is 34.6 Å². The highest BCUT2D eigenvalue weighted by Crippen LogP contribution is 2.26. The monoisotopic (exact) mass is 373 g/mol. The van der Waals surface area contributed by atoms with Gasteiger partial charge in [0.1, 0.15) is 5.75 Å². The van der Waals surface area contributed by atoms with Crippen molar-refractivity contribution in [1.82, 2.24) is 14.7 Å². The molecule has 138 valence electrons. The molecule has 0 N–H and O–H groups in total. The third-order valence-electron chi connectivity index (χ3n) is 3.93. The summed E-state index contributed by atoms with van der Waals surface area (Å²) < 4.78 is 40.9. The van der Waals surface area contributed by atoms with Crippen LogP contribution in [0.1, 0.15) is 6.92 Å². The van der Waals surface area contributed by atoms with Crippen LogP contribution in [0.5, 0.6) is 11.6 Å². The number of aromatic nitrogens is 3. The van der Waals surface area contributed by atoms with Crippen LogP contribution in [-0.4, -0.2) is 27.9 Å². The van der Waals surface area contributed by atoms with Gasteiger partial charge in [-0.1, -0.05) is 5.16 Å². The Bertz CT molecular complexity index is 1170. The summed E-state index contributed by atoms with van der Waals surface area (Å²) >= 11 is 0. The van der Waals surface area contributed by atoms with Gasteiger partial charge in [0.05, 0.1) is 23.9 Å². The second-order valence-corrected chi connectivity index (χ2v) is 5.54. The molecule has 0 amide bonds. The Kier molecular flexibility index (Phi) is 4.19. The molecule has 0 bridgehead atoms. The maximum Gasteiger partial charge on any atom is 0.387 e. The number of halogens is 2. The zero-order valence-corrected chi connectivity index (χ0v) is 14.1. The molecule has 9 heteroatoms. The molecule has 0 unspecified atom stereocenters. The number of nitrogens with zero attached hydrogens (tertiary/aromatic N) is 3. The van der Waals surface area contributed by atoms with Crippen molar-refractivity contribution in [3.63, 3.8) is 0 Å². The molecule has 7 nitrogen and oxygen atoms in total. The normalized spacial score (nSPS) is 11.4. The molecular weight excluding hydrogens is 360 g/mol. The average Bonchev–Trinajstić information content (AvgIpc) is 3.13. The van der Waals surface area contributed by atoms with E-state index in [4.69, 9.17) is 9.26 Å². The first-order chi connectivity index (χ1) is 13.1. The van der Waals surface area contributed by atoms with Crippen molar-refractivity contribution in [2.75, 3.05) is 6.61 Å². The predicted molar refractivity (Wildman–Crippen MR) is 92.7 cm³/mol. The van der Waals surface area contributed by atoms with Crippen molar-refractivity contribution in [2.24, 2.45) is 0 Å². The molecule has 0 aliphatic carbocycles. The standard InChI is InChI=1S/C18H13F2N3O4/c1-2-25-14-8-7-12-13-9-21-27-15(13)17(24)23(16(12)22-14)10-3-5-11(6-4-10)26-18(19)20/h3-9,18H,2H2,1H3. The Morgan fingerprint density at radius 2 is 1.93 bits per heavy atom. The largest absolute Gasteiger partial charge is 0.478 e. The van der Waals surface area contributed by atoms with Crippen molar-refractivity contribution in [3.8, 4) is 17.3 Å². The van der Waals surface area contributed by atoms with Gasteiger partial charge in [0.2, 0.25) is 11.5 Å². The number of fused-ring (bicyclic) bond motifs is 3. The lowest BCUT2D eigenvalue weighted by Gasteiger charge is -2.12. The molecule has 0 aliphatic rings. The second kappa shape index (κ2) is 6.67. The second-order valence-electron chi connectivity index (χ2n) is 5.54. The van der Waals surface area contributed by atoms with Gasteiger partial charge in [0.25, 0.3) is 0 Å². The zero-order valence-electron chi connectivity index (χ0n) is 14.1. The lowest BCUT2D eigenvalue weighted by molar-refractivity contribution is -0.0498. The minimum atomic E-state index is -2.93. The van der Waals surface area contributed by atoms with Crippen LogP contribution in [0, 0.1) is 0 Å². The molecule has 0 saturated carbocycles. The van der Waals surface area contributed by atoms with E-state index < -0.39 is 12.2 Å². The predicted octanol–water partition coefficient (Wildman–Crippen LogP) is 3.53. The first kappa shape index (κ1) is 17.0. The fourth-order valence-corrected chi connectivity index (χ4v) is 2.84. The van der Waals surface area contributed by atoms with Gasteiger partial charge in [-0.15, -0.1) is 0 Å². The maximum absolute atomic E-state index is 12.9. The highest BCUT2D eigenvalue weighted by atomic mass is 19.3. The molecule has 0 radical (unpaired) electrons. The quantitative estimate of drug-likeness (QED) is 0.533. The number of hydrogen-bond donors (Lipinski definition) is 0. The van der Waals surface area contributed by atoms with E-state index >= 15 is 0 Å². The molecule has 4 aromatic rings. The molecule has 0 saturated heterocycles. The third-order valence-corrected chi connectivity index (χ3v) is 3.93. The van der Waals surface area contributed by atoms with Gasteiger partial charge in [-0.05, 0) is 37.3 Å². The van der Waals surface area contributed by atoms with Gasteiger partial charge < -0.3 is 14.0 Å².